The van der Waals surface area contributed by atoms with E-state index in [0.29, 0.717) is 5.69 Å². The Hall–Kier alpha value is -3.22. The lowest BCUT2D eigenvalue weighted by Gasteiger charge is -2.10. The Balaban J connectivity index is 2.37. The van der Waals surface area contributed by atoms with Gasteiger partial charge >= 0.3 is 0 Å². The minimum Gasteiger partial charge on any atom is -0.505 e. The second kappa shape index (κ2) is 6.25. The minimum absolute atomic E-state index is 0.0569. The van der Waals surface area contributed by atoms with Crippen molar-refractivity contribution in [2.45, 2.75) is 19.8 Å². The molecule has 26 heavy (non-hydrogen) atoms. The number of nitrogens with zero attached hydrogens (tertiary/aromatic N) is 1. The van der Waals surface area contributed by atoms with E-state index < -0.39 is 35.1 Å². The summed E-state index contributed by atoms with van der Waals surface area (Å²) < 4.78 is 29.3. The number of primary amides is 1. The number of amides is 1. The predicted molar refractivity (Wildman–Crippen MR) is 92.0 cm³/mol. The Labute approximate surface area is 147 Å². The number of aromatic nitrogens is 1. The maximum Gasteiger partial charge on any atom is 0.262 e. The molecule has 1 heterocycles. The Morgan fingerprint density at radius 2 is 1.88 bits per heavy atom. The molecule has 0 unspecified atom stereocenters. The Morgan fingerprint density at radius 1 is 1.19 bits per heavy atom. The normalized spacial score (nSPS) is 12.3. The molecule has 0 aliphatic rings. The van der Waals surface area contributed by atoms with Crippen molar-refractivity contribution in [3.63, 3.8) is 0 Å². The van der Waals surface area contributed by atoms with Gasteiger partial charge in [0.1, 0.15) is 5.82 Å². The quantitative estimate of drug-likeness (QED) is 0.754. The monoisotopic (exact) mass is 358 g/mol. The van der Waals surface area contributed by atoms with Gasteiger partial charge in [-0.1, -0.05) is 6.07 Å². The number of hydrogen-bond donors (Lipinski definition) is 2. The molecule has 1 amide bonds. The number of rotatable bonds is 3. The fraction of sp³-hybridized carbons (Fsp3) is 0.158. The van der Waals surface area contributed by atoms with Gasteiger partial charge in [0.2, 0.25) is 5.91 Å². The lowest BCUT2D eigenvalue weighted by atomic mass is 9.97. The van der Waals surface area contributed by atoms with Gasteiger partial charge in [0.05, 0.1) is 11.4 Å². The highest BCUT2D eigenvalue weighted by atomic mass is 19.1. The van der Waals surface area contributed by atoms with E-state index in [1.165, 1.54) is 35.8 Å². The molecule has 0 spiro atoms. The first-order valence-electron chi connectivity index (χ1n) is 7.86. The van der Waals surface area contributed by atoms with Crippen molar-refractivity contribution < 1.29 is 23.5 Å². The summed E-state index contributed by atoms with van der Waals surface area (Å²) in [4.78, 5) is 24.6. The van der Waals surface area contributed by atoms with Crippen molar-refractivity contribution in [3.05, 3.63) is 64.9 Å². The van der Waals surface area contributed by atoms with Gasteiger partial charge in [-0.25, -0.2) is 8.78 Å². The van der Waals surface area contributed by atoms with Crippen LogP contribution in [0.15, 0.2) is 36.4 Å². The number of halogens is 2. The van der Waals surface area contributed by atoms with Gasteiger partial charge in [-0.3, -0.25) is 14.2 Å². The van der Waals surface area contributed by atoms with Gasteiger partial charge in [0.25, 0.3) is 5.91 Å². The lowest BCUT2D eigenvalue weighted by Crippen LogP contribution is -2.20. The molecule has 0 saturated heterocycles. The van der Waals surface area contributed by atoms with Crippen LogP contribution < -0.4 is 5.73 Å². The van der Waals surface area contributed by atoms with Gasteiger partial charge in [0.15, 0.2) is 11.6 Å². The zero-order chi connectivity index (χ0) is 19.2. The van der Waals surface area contributed by atoms with Gasteiger partial charge in [-0.2, -0.15) is 0 Å². The summed E-state index contributed by atoms with van der Waals surface area (Å²) in [7, 11) is 0. The highest BCUT2D eigenvalue weighted by molar-refractivity contribution is 6.05. The van der Waals surface area contributed by atoms with Gasteiger partial charge in [-0.15, -0.1) is 0 Å². The van der Waals surface area contributed by atoms with Crippen molar-refractivity contribution in [1.29, 1.82) is 0 Å². The van der Waals surface area contributed by atoms with Crippen molar-refractivity contribution >= 4 is 22.7 Å². The molecular formula is C19H16F2N2O3. The van der Waals surface area contributed by atoms with Crippen molar-refractivity contribution in [2.24, 2.45) is 5.73 Å². The van der Waals surface area contributed by atoms with Crippen LogP contribution in [0.4, 0.5) is 8.78 Å². The van der Waals surface area contributed by atoms with Gasteiger partial charge < -0.3 is 10.8 Å². The lowest BCUT2D eigenvalue weighted by molar-refractivity contribution is -0.119. The maximum absolute atomic E-state index is 14.6. The molecule has 1 atom stereocenters. The SMILES string of the molecule is Cc1c([C@@H](C)C(N)=O)c2c(F)c(O)ccc2n1C(=O)c1cccc(F)c1. The summed E-state index contributed by atoms with van der Waals surface area (Å²) in [5, 5.41) is 9.66. The summed E-state index contributed by atoms with van der Waals surface area (Å²) in [5.74, 6) is -4.31. The van der Waals surface area contributed by atoms with Crippen LogP contribution in [-0.4, -0.2) is 21.5 Å². The van der Waals surface area contributed by atoms with Crippen molar-refractivity contribution in [3.8, 4) is 5.75 Å². The molecule has 0 aliphatic carbocycles. The highest BCUT2D eigenvalue weighted by Crippen LogP contribution is 2.37. The topological polar surface area (TPSA) is 85.3 Å². The molecular weight excluding hydrogens is 342 g/mol. The van der Waals surface area contributed by atoms with Crippen LogP contribution in [0.2, 0.25) is 0 Å². The van der Waals surface area contributed by atoms with E-state index in [2.05, 4.69) is 0 Å². The number of hydrogen-bond acceptors (Lipinski definition) is 3. The second-order valence-electron chi connectivity index (χ2n) is 6.07. The first kappa shape index (κ1) is 17.6. The number of aromatic hydroxyl groups is 1. The average molecular weight is 358 g/mol. The molecule has 0 saturated carbocycles. The first-order valence-corrected chi connectivity index (χ1v) is 7.86. The minimum atomic E-state index is -0.945. The summed E-state index contributed by atoms with van der Waals surface area (Å²) in [6.45, 7) is 3.03. The van der Waals surface area contributed by atoms with Crippen LogP contribution in [0.5, 0.6) is 5.75 Å². The molecule has 1 aromatic heterocycles. The van der Waals surface area contributed by atoms with E-state index in [0.717, 1.165) is 12.1 Å². The molecule has 0 fully saturated rings. The number of nitrogens with two attached hydrogens (primary N) is 1. The zero-order valence-electron chi connectivity index (χ0n) is 14.1. The van der Waals surface area contributed by atoms with E-state index in [9.17, 15) is 23.5 Å². The third kappa shape index (κ3) is 2.61. The third-order valence-corrected chi connectivity index (χ3v) is 4.47. The molecule has 3 aromatic rings. The Bertz CT molecular complexity index is 1060. The number of phenolic OH excluding ortho intramolecular Hbond substituents is 1. The summed E-state index contributed by atoms with van der Waals surface area (Å²) in [6.07, 6.45) is 0. The largest absolute Gasteiger partial charge is 0.505 e. The van der Waals surface area contributed by atoms with E-state index >= 15 is 0 Å². The predicted octanol–water partition coefficient (Wildman–Crippen LogP) is 3.21. The van der Waals surface area contributed by atoms with E-state index in [1.54, 1.807) is 6.92 Å². The molecule has 134 valence electrons. The van der Waals surface area contributed by atoms with Crippen LogP contribution in [0.25, 0.3) is 10.9 Å². The number of benzene rings is 2. The molecule has 0 aliphatic heterocycles. The Morgan fingerprint density at radius 3 is 2.50 bits per heavy atom. The summed E-state index contributed by atoms with van der Waals surface area (Å²) in [5.41, 5.74) is 6.10. The maximum atomic E-state index is 14.6. The van der Waals surface area contributed by atoms with Crippen LogP contribution in [0.1, 0.15) is 34.5 Å². The van der Waals surface area contributed by atoms with E-state index in [4.69, 9.17) is 5.73 Å². The third-order valence-electron chi connectivity index (χ3n) is 4.47. The summed E-state index contributed by atoms with van der Waals surface area (Å²) >= 11 is 0. The molecule has 3 N–H and O–H groups in total. The first-order chi connectivity index (χ1) is 12.2. The van der Waals surface area contributed by atoms with Crippen molar-refractivity contribution in [1.82, 2.24) is 4.57 Å². The number of carbonyl (C=O) groups excluding carboxylic acids is 2. The number of phenols is 1. The molecule has 0 radical (unpaired) electrons. The fourth-order valence-electron chi connectivity index (χ4n) is 3.16. The van der Waals surface area contributed by atoms with Crippen LogP contribution in [0.3, 0.4) is 0 Å². The highest BCUT2D eigenvalue weighted by Gasteiger charge is 2.28. The van der Waals surface area contributed by atoms with Crippen molar-refractivity contribution in [2.75, 3.05) is 0 Å². The van der Waals surface area contributed by atoms with Crippen LogP contribution in [0, 0.1) is 18.6 Å². The number of fused-ring (bicyclic) bond motifs is 1. The standard InChI is InChI=1S/C19H16F2N2O3/c1-9(18(22)25)15-10(2)23(13-6-7-14(24)17(21)16(13)15)19(26)11-4-3-5-12(20)8-11/h3-9,24H,1-2H3,(H2,22,25)/t9-/m1/s1. The molecule has 3 rings (SSSR count). The smallest absolute Gasteiger partial charge is 0.262 e. The van der Waals surface area contributed by atoms with E-state index in [1.807, 2.05) is 0 Å². The van der Waals surface area contributed by atoms with Crippen LogP contribution >= 0.6 is 0 Å². The van der Waals surface area contributed by atoms with Gasteiger partial charge in [-0.05, 0) is 49.7 Å². The molecule has 0 bridgehead atoms. The molecule has 7 heteroatoms. The second-order valence-corrected chi connectivity index (χ2v) is 6.07. The average Bonchev–Trinajstić information content (AvgIpc) is 2.89. The summed E-state index contributed by atoms with van der Waals surface area (Å²) in [6, 6.07) is 7.59. The molecule has 2 aromatic carbocycles. The van der Waals surface area contributed by atoms with E-state index in [-0.39, 0.29) is 22.0 Å². The number of carbonyl (C=O) groups is 2. The van der Waals surface area contributed by atoms with Gasteiger partial charge in [0, 0.05) is 16.6 Å². The fourth-order valence-corrected chi connectivity index (χ4v) is 3.16. The Kier molecular flexibility index (Phi) is 4.23. The zero-order valence-corrected chi connectivity index (χ0v) is 14.1. The van der Waals surface area contributed by atoms with Crippen LogP contribution in [-0.2, 0) is 4.79 Å². The molecule has 5 nitrogen and oxygen atoms in total.